The van der Waals surface area contributed by atoms with Crippen molar-refractivity contribution in [3.8, 4) is 0 Å². The molecular formula is C18H19F3N2O3S. The first kappa shape index (κ1) is 20.8. The van der Waals surface area contributed by atoms with Crippen LogP contribution >= 0.6 is 0 Å². The van der Waals surface area contributed by atoms with Crippen molar-refractivity contribution in [3.05, 3.63) is 59.2 Å². The zero-order valence-corrected chi connectivity index (χ0v) is 15.5. The molecule has 0 bridgehead atoms. The predicted molar refractivity (Wildman–Crippen MR) is 95.9 cm³/mol. The molecule has 0 aromatic heterocycles. The maximum Gasteiger partial charge on any atom is 0.405 e. The SMILES string of the molecule is Cc1ccc(S(=O)(=O)Nc2ccc(CC(=O)NCC(F)(F)F)cc2)cc1C. The number of carbonyl (C=O) groups excluding carboxylic acids is 1. The van der Waals surface area contributed by atoms with E-state index in [0.717, 1.165) is 11.1 Å². The van der Waals surface area contributed by atoms with Crippen molar-refractivity contribution in [2.24, 2.45) is 0 Å². The Labute approximate surface area is 155 Å². The van der Waals surface area contributed by atoms with Crippen LogP contribution in [0.1, 0.15) is 16.7 Å². The summed E-state index contributed by atoms with van der Waals surface area (Å²) >= 11 is 0. The lowest BCUT2D eigenvalue weighted by atomic mass is 10.1. The van der Waals surface area contributed by atoms with Crippen LogP contribution in [-0.2, 0) is 21.2 Å². The highest BCUT2D eigenvalue weighted by Crippen LogP contribution is 2.19. The highest BCUT2D eigenvalue weighted by Gasteiger charge is 2.27. The van der Waals surface area contributed by atoms with Gasteiger partial charge in [-0.15, -0.1) is 0 Å². The Kier molecular flexibility index (Phi) is 6.15. The van der Waals surface area contributed by atoms with Crippen molar-refractivity contribution < 1.29 is 26.4 Å². The molecule has 0 saturated carbocycles. The molecule has 2 aromatic rings. The first-order valence-corrected chi connectivity index (χ1v) is 9.47. The van der Waals surface area contributed by atoms with Crippen LogP contribution in [0, 0.1) is 13.8 Å². The summed E-state index contributed by atoms with van der Waals surface area (Å²) in [5, 5.41) is 1.78. The van der Waals surface area contributed by atoms with Crippen molar-refractivity contribution in [1.29, 1.82) is 0 Å². The molecule has 1 amide bonds. The minimum atomic E-state index is -4.47. The zero-order valence-electron chi connectivity index (χ0n) is 14.7. The number of alkyl halides is 3. The van der Waals surface area contributed by atoms with Gasteiger partial charge in [0, 0.05) is 5.69 Å². The Balaban J connectivity index is 2.02. The van der Waals surface area contributed by atoms with E-state index in [-0.39, 0.29) is 17.0 Å². The lowest BCUT2D eigenvalue weighted by Crippen LogP contribution is -2.34. The van der Waals surface area contributed by atoms with E-state index >= 15 is 0 Å². The number of aryl methyl sites for hydroxylation is 2. The van der Waals surface area contributed by atoms with Crippen molar-refractivity contribution in [1.82, 2.24) is 5.32 Å². The first-order valence-electron chi connectivity index (χ1n) is 7.99. The molecule has 0 atom stereocenters. The van der Waals surface area contributed by atoms with Crippen molar-refractivity contribution >= 4 is 21.6 Å². The van der Waals surface area contributed by atoms with E-state index in [9.17, 15) is 26.4 Å². The van der Waals surface area contributed by atoms with Gasteiger partial charge in [0.2, 0.25) is 5.91 Å². The van der Waals surface area contributed by atoms with Crippen LogP contribution in [0.25, 0.3) is 0 Å². The molecule has 0 saturated heterocycles. The van der Waals surface area contributed by atoms with Gasteiger partial charge in [0.15, 0.2) is 0 Å². The topological polar surface area (TPSA) is 75.3 Å². The average molecular weight is 400 g/mol. The van der Waals surface area contributed by atoms with Crippen molar-refractivity contribution in [2.75, 3.05) is 11.3 Å². The number of amides is 1. The van der Waals surface area contributed by atoms with Gasteiger partial charge in [-0.2, -0.15) is 13.2 Å². The normalized spacial score (nSPS) is 11.9. The summed E-state index contributed by atoms with van der Waals surface area (Å²) in [5.41, 5.74) is 2.57. The molecule has 0 unspecified atom stereocenters. The second-order valence-electron chi connectivity index (χ2n) is 6.12. The number of sulfonamides is 1. The van der Waals surface area contributed by atoms with E-state index in [0.29, 0.717) is 5.56 Å². The van der Waals surface area contributed by atoms with Gasteiger partial charge in [0.25, 0.3) is 10.0 Å². The maximum absolute atomic E-state index is 12.4. The Morgan fingerprint density at radius 1 is 1.00 bits per heavy atom. The van der Waals surface area contributed by atoms with Gasteiger partial charge in [0.1, 0.15) is 6.54 Å². The van der Waals surface area contributed by atoms with Crippen molar-refractivity contribution in [3.63, 3.8) is 0 Å². The quantitative estimate of drug-likeness (QED) is 0.781. The van der Waals surface area contributed by atoms with E-state index in [1.807, 2.05) is 13.8 Å². The largest absolute Gasteiger partial charge is 0.405 e. The first-order chi connectivity index (χ1) is 12.5. The monoisotopic (exact) mass is 400 g/mol. The molecule has 0 fully saturated rings. The fourth-order valence-corrected chi connectivity index (χ4v) is 3.38. The van der Waals surface area contributed by atoms with E-state index < -0.39 is 28.7 Å². The Morgan fingerprint density at radius 2 is 1.63 bits per heavy atom. The minimum Gasteiger partial charge on any atom is -0.347 e. The fourth-order valence-electron chi connectivity index (χ4n) is 2.23. The Morgan fingerprint density at radius 3 is 2.19 bits per heavy atom. The molecule has 2 aromatic carbocycles. The van der Waals surface area contributed by atoms with Gasteiger partial charge in [-0.3, -0.25) is 9.52 Å². The standard InChI is InChI=1S/C18H19F3N2O3S/c1-12-3-8-16(9-13(12)2)27(25,26)23-15-6-4-14(5-7-15)10-17(24)22-11-18(19,20)21/h3-9,23H,10-11H2,1-2H3,(H,22,24). The molecule has 27 heavy (non-hydrogen) atoms. The predicted octanol–water partition coefficient (Wildman–Crippen LogP) is 3.33. The van der Waals surface area contributed by atoms with Crippen LogP contribution in [0.2, 0.25) is 0 Å². The van der Waals surface area contributed by atoms with E-state index in [1.54, 1.807) is 17.4 Å². The summed E-state index contributed by atoms with van der Waals surface area (Å²) in [5.74, 6) is -0.768. The summed E-state index contributed by atoms with van der Waals surface area (Å²) in [4.78, 5) is 11.6. The molecule has 5 nitrogen and oxygen atoms in total. The summed E-state index contributed by atoms with van der Waals surface area (Å²) in [6.45, 7) is 2.30. The Bertz CT molecular complexity index is 924. The van der Waals surface area contributed by atoms with Crippen molar-refractivity contribution in [2.45, 2.75) is 31.3 Å². The van der Waals surface area contributed by atoms with Gasteiger partial charge in [-0.1, -0.05) is 18.2 Å². The summed E-state index contributed by atoms with van der Waals surface area (Å²) in [6, 6.07) is 10.6. The summed E-state index contributed by atoms with van der Waals surface area (Å²) in [6.07, 6.45) is -4.70. The lowest BCUT2D eigenvalue weighted by molar-refractivity contribution is -0.138. The van der Waals surface area contributed by atoms with Gasteiger partial charge in [-0.05, 0) is 54.8 Å². The number of rotatable bonds is 6. The van der Waals surface area contributed by atoms with Crippen LogP contribution in [0.3, 0.4) is 0 Å². The highest BCUT2D eigenvalue weighted by molar-refractivity contribution is 7.92. The smallest absolute Gasteiger partial charge is 0.347 e. The van der Waals surface area contributed by atoms with Gasteiger partial charge < -0.3 is 5.32 Å². The van der Waals surface area contributed by atoms with E-state index in [1.165, 1.54) is 30.3 Å². The highest BCUT2D eigenvalue weighted by atomic mass is 32.2. The minimum absolute atomic E-state index is 0.126. The number of hydrogen-bond acceptors (Lipinski definition) is 3. The molecule has 9 heteroatoms. The third-order valence-corrected chi connectivity index (χ3v) is 5.22. The third kappa shape index (κ3) is 6.28. The second-order valence-corrected chi connectivity index (χ2v) is 7.80. The number of hydrogen-bond donors (Lipinski definition) is 2. The number of nitrogens with one attached hydrogen (secondary N) is 2. The summed E-state index contributed by atoms with van der Waals surface area (Å²) in [7, 11) is -3.77. The molecule has 0 aliphatic heterocycles. The van der Waals surface area contributed by atoms with Gasteiger partial charge in [0.05, 0.1) is 11.3 Å². The lowest BCUT2D eigenvalue weighted by Gasteiger charge is -2.11. The van der Waals surface area contributed by atoms with E-state index in [4.69, 9.17) is 0 Å². The molecule has 2 N–H and O–H groups in total. The van der Waals surface area contributed by atoms with Crippen LogP contribution in [0.15, 0.2) is 47.4 Å². The number of halogens is 3. The Hall–Kier alpha value is -2.55. The van der Waals surface area contributed by atoms with Crippen LogP contribution in [0.5, 0.6) is 0 Å². The average Bonchev–Trinajstić information content (AvgIpc) is 2.56. The number of benzene rings is 2. The molecule has 2 rings (SSSR count). The zero-order chi connectivity index (χ0) is 20.2. The number of anilines is 1. The molecule has 0 aliphatic rings. The van der Waals surface area contributed by atoms with Gasteiger partial charge in [-0.25, -0.2) is 8.42 Å². The summed E-state index contributed by atoms with van der Waals surface area (Å²) < 4.78 is 63.5. The molecule has 146 valence electrons. The van der Waals surface area contributed by atoms with E-state index in [2.05, 4.69) is 4.72 Å². The molecule has 0 aliphatic carbocycles. The molecular weight excluding hydrogens is 381 g/mol. The molecule has 0 radical (unpaired) electrons. The third-order valence-electron chi connectivity index (χ3n) is 3.85. The van der Waals surface area contributed by atoms with Crippen LogP contribution < -0.4 is 10.0 Å². The van der Waals surface area contributed by atoms with Gasteiger partial charge >= 0.3 is 6.18 Å². The van der Waals surface area contributed by atoms with Crippen LogP contribution in [-0.4, -0.2) is 27.0 Å². The molecule has 0 spiro atoms. The fraction of sp³-hybridized carbons (Fsp3) is 0.278. The number of carbonyl (C=O) groups is 1. The molecule has 0 heterocycles. The second kappa shape index (κ2) is 7.99. The van der Waals surface area contributed by atoms with Crippen LogP contribution in [0.4, 0.5) is 18.9 Å². The maximum atomic E-state index is 12.4.